The zero-order valence-corrected chi connectivity index (χ0v) is 16.9. The maximum absolute atomic E-state index is 12.1. The van der Waals surface area contributed by atoms with Crippen LogP contribution in [0.15, 0.2) is 65.8 Å². The van der Waals surface area contributed by atoms with Crippen molar-refractivity contribution in [3.8, 4) is 23.8 Å². The van der Waals surface area contributed by atoms with Crippen molar-refractivity contribution < 1.29 is 19.1 Å². The monoisotopic (exact) mass is 415 g/mol. The summed E-state index contributed by atoms with van der Waals surface area (Å²) in [7, 11) is 1.56. The summed E-state index contributed by atoms with van der Waals surface area (Å²) in [4.78, 5) is 24.2. The molecular formula is C24H21N3O4. The minimum Gasteiger partial charge on any atom is -0.497 e. The van der Waals surface area contributed by atoms with Crippen LogP contribution in [-0.4, -0.2) is 31.7 Å². The van der Waals surface area contributed by atoms with Gasteiger partial charge in [-0.05, 0) is 41.1 Å². The van der Waals surface area contributed by atoms with E-state index in [9.17, 15) is 9.59 Å². The van der Waals surface area contributed by atoms with Gasteiger partial charge in [0.05, 0.1) is 13.3 Å². The Bertz CT molecular complexity index is 1150. The molecule has 0 unspecified atom stereocenters. The van der Waals surface area contributed by atoms with Crippen molar-refractivity contribution in [1.29, 1.82) is 0 Å². The summed E-state index contributed by atoms with van der Waals surface area (Å²) in [6.07, 6.45) is 6.39. The number of carbonyl (C=O) groups is 2. The summed E-state index contributed by atoms with van der Waals surface area (Å²) in [5.41, 5.74) is 3.61. The number of hydrazone groups is 1. The molecule has 2 amide bonds. The normalized spacial score (nSPS) is 10.5. The minimum atomic E-state index is -0.548. The van der Waals surface area contributed by atoms with E-state index in [2.05, 4.69) is 21.8 Å². The Morgan fingerprint density at radius 3 is 2.58 bits per heavy atom. The summed E-state index contributed by atoms with van der Waals surface area (Å²) >= 11 is 0. The number of carbonyl (C=O) groups excluding carboxylic acids is 2. The molecule has 3 rings (SSSR count). The zero-order valence-electron chi connectivity index (χ0n) is 16.9. The van der Waals surface area contributed by atoms with E-state index in [1.54, 1.807) is 37.4 Å². The van der Waals surface area contributed by atoms with Gasteiger partial charge in [0.25, 0.3) is 0 Å². The lowest BCUT2D eigenvalue weighted by molar-refractivity contribution is -0.126. The summed E-state index contributed by atoms with van der Waals surface area (Å²) in [5, 5.41) is 8.52. The van der Waals surface area contributed by atoms with Gasteiger partial charge >= 0.3 is 0 Å². The van der Waals surface area contributed by atoms with E-state index in [-0.39, 0.29) is 13.0 Å². The van der Waals surface area contributed by atoms with Crippen LogP contribution in [0, 0.1) is 12.3 Å². The quantitative estimate of drug-likeness (QED) is 0.256. The van der Waals surface area contributed by atoms with Crippen LogP contribution >= 0.6 is 0 Å². The van der Waals surface area contributed by atoms with Crippen LogP contribution in [0.25, 0.3) is 10.8 Å². The van der Waals surface area contributed by atoms with Crippen molar-refractivity contribution in [1.82, 2.24) is 5.43 Å². The van der Waals surface area contributed by atoms with Gasteiger partial charge in [-0.15, -0.1) is 6.42 Å². The number of anilines is 1. The fourth-order valence-electron chi connectivity index (χ4n) is 2.89. The first kappa shape index (κ1) is 21.4. The third kappa shape index (κ3) is 5.84. The Morgan fingerprint density at radius 1 is 1.06 bits per heavy atom. The second-order valence-electron chi connectivity index (χ2n) is 6.44. The molecule has 31 heavy (non-hydrogen) atoms. The molecule has 7 heteroatoms. The first-order chi connectivity index (χ1) is 15.1. The number of fused-ring (bicyclic) bond motifs is 1. The molecule has 0 aliphatic heterocycles. The van der Waals surface area contributed by atoms with Crippen LogP contribution in [-0.2, 0) is 9.59 Å². The standard InChI is InChI=1S/C24H21N3O4/c1-3-14-31-22-13-8-17-6-4-5-7-20(17)21(22)16-25-27-24(29)15-23(28)26-18-9-11-19(30-2)12-10-18/h1,4-13,16H,14-15H2,2H3,(H,26,28)(H,27,29). The van der Waals surface area contributed by atoms with E-state index in [4.69, 9.17) is 15.9 Å². The highest BCUT2D eigenvalue weighted by molar-refractivity contribution is 6.05. The van der Waals surface area contributed by atoms with E-state index in [1.165, 1.54) is 6.21 Å². The van der Waals surface area contributed by atoms with Gasteiger partial charge in [0.2, 0.25) is 11.8 Å². The van der Waals surface area contributed by atoms with E-state index < -0.39 is 11.8 Å². The number of hydrogen-bond acceptors (Lipinski definition) is 5. The number of benzene rings is 3. The Balaban J connectivity index is 1.64. The zero-order chi connectivity index (χ0) is 22.1. The fourth-order valence-corrected chi connectivity index (χ4v) is 2.89. The number of nitrogens with zero attached hydrogens (tertiary/aromatic N) is 1. The molecule has 0 bridgehead atoms. The number of hydrogen-bond donors (Lipinski definition) is 2. The van der Waals surface area contributed by atoms with Crippen LogP contribution in [0.2, 0.25) is 0 Å². The van der Waals surface area contributed by atoms with Gasteiger partial charge in [-0.2, -0.15) is 5.10 Å². The summed E-state index contributed by atoms with van der Waals surface area (Å²) in [6, 6.07) is 18.2. The summed E-state index contributed by atoms with van der Waals surface area (Å²) in [6.45, 7) is 0.108. The molecule has 0 heterocycles. The molecule has 0 aliphatic carbocycles. The van der Waals surface area contributed by atoms with Gasteiger partial charge in [-0.1, -0.05) is 36.3 Å². The Kier molecular flexibility index (Phi) is 7.22. The third-order valence-electron chi connectivity index (χ3n) is 4.32. The van der Waals surface area contributed by atoms with Gasteiger partial charge in [-0.3, -0.25) is 9.59 Å². The van der Waals surface area contributed by atoms with E-state index >= 15 is 0 Å². The van der Waals surface area contributed by atoms with Gasteiger partial charge < -0.3 is 14.8 Å². The molecule has 2 N–H and O–H groups in total. The predicted molar refractivity (Wildman–Crippen MR) is 120 cm³/mol. The van der Waals surface area contributed by atoms with Gasteiger partial charge in [0, 0.05) is 11.3 Å². The molecule has 0 spiro atoms. The molecular weight excluding hydrogens is 394 g/mol. The smallest absolute Gasteiger partial charge is 0.249 e. The maximum Gasteiger partial charge on any atom is 0.249 e. The molecule has 0 aliphatic rings. The second kappa shape index (κ2) is 10.5. The number of rotatable bonds is 8. The first-order valence-corrected chi connectivity index (χ1v) is 9.44. The molecule has 0 saturated carbocycles. The lowest BCUT2D eigenvalue weighted by atomic mass is 10.0. The third-order valence-corrected chi connectivity index (χ3v) is 4.32. The molecule has 0 radical (unpaired) electrons. The average Bonchev–Trinajstić information content (AvgIpc) is 2.78. The van der Waals surface area contributed by atoms with Crippen LogP contribution in [0.1, 0.15) is 12.0 Å². The second-order valence-corrected chi connectivity index (χ2v) is 6.44. The minimum absolute atomic E-state index is 0.108. The van der Waals surface area contributed by atoms with Gasteiger partial charge in [0.1, 0.15) is 24.5 Å². The number of ether oxygens (including phenoxy) is 2. The number of terminal acetylenes is 1. The van der Waals surface area contributed by atoms with Crippen LogP contribution in [0.4, 0.5) is 5.69 Å². The highest BCUT2D eigenvalue weighted by Crippen LogP contribution is 2.26. The van der Waals surface area contributed by atoms with Crippen molar-refractivity contribution in [2.24, 2.45) is 5.10 Å². The SMILES string of the molecule is C#CCOc1ccc2ccccc2c1C=NNC(=O)CC(=O)Nc1ccc(OC)cc1. The molecule has 7 nitrogen and oxygen atoms in total. The Morgan fingerprint density at radius 2 is 1.84 bits per heavy atom. The molecule has 0 fully saturated rings. The van der Waals surface area contributed by atoms with Crippen LogP contribution in [0.5, 0.6) is 11.5 Å². The van der Waals surface area contributed by atoms with E-state index in [0.29, 0.717) is 22.7 Å². The fraction of sp³-hybridized carbons (Fsp3) is 0.125. The van der Waals surface area contributed by atoms with E-state index in [0.717, 1.165) is 10.8 Å². The topological polar surface area (TPSA) is 89.0 Å². The van der Waals surface area contributed by atoms with Crippen molar-refractivity contribution in [2.75, 3.05) is 19.0 Å². The van der Waals surface area contributed by atoms with Crippen molar-refractivity contribution in [2.45, 2.75) is 6.42 Å². The highest BCUT2D eigenvalue weighted by Gasteiger charge is 2.10. The highest BCUT2D eigenvalue weighted by atomic mass is 16.5. The molecule has 0 saturated heterocycles. The summed E-state index contributed by atoms with van der Waals surface area (Å²) in [5.74, 6) is 2.64. The molecule has 3 aromatic rings. The molecule has 156 valence electrons. The molecule has 0 atom stereocenters. The molecule has 3 aromatic carbocycles. The number of amides is 2. The lowest BCUT2D eigenvalue weighted by Gasteiger charge is -2.10. The van der Waals surface area contributed by atoms with Crippen LogP contribution < -0.4 is 20.2 Å². The van der Waals surface area contributed by atoms with E-state index in [1.807, 2.05) is 30.3 Å². The van der Waals surface area contributed by atoms with Gasteiger partial charge in [-0.25, -0.2) is 5.43 Å². The Labute approximate surface area is 180 Å². The largest absolute Gasteiger partial charge is 0.497 e. The molecule has 0 aromatic heterocycles. The predicted octanol–water partition coefficient (Wildman–Crippen LogP) is 3.34. The van der Waals surface area contributed by atoms with Crippen LogP contribution in [0.3, 0.4) is 0 Å². The van der Waals surface area contributed by atoms with Crippen molar-refractivity contribution in [3.63, 3.8) is 0 Å². The van der Waals surface area contributed by atoms with Crippen molar-refractivity contribution in [3.05, 3.63) is 66.2 Å². The average molecular weight is 415 g/mol. The summed E-state index contributed by atoms with van der Waals surface area (Å²) < 4.78 is 10.7. The first-order valence-electron chi connectivity index (χ1n) is 9.44. The lowest BCUT2D eigenvalue weighted by Crippen LogP contribution is -2.24. The maximum atomic E-state index is 12.1. The number of nitrogens with one attached hydrogen (secondary N) is 2. The van der Waals surface area contributed by atoms with Gasteiger partial charge in [0.15, 0.2) is 0 Å². The Hall–Kier alpha value is -4.31. The number of methoxy groups -OCH3 is 1. The van der Waals surface area contributed by atoms with Crippen molar-refractivity contribution >= 4 is 34.5 Å².